The van der Waals surface area contributed by atoms with Crippen LogP contribution in [-0.2, 0) is 5.54 Å². The lowest BCUT2D eigenvalue weighted by Gasteiger charge is -2.38. The Morgan fingerprint density at radius 1 is 0.938 bits per heavy atom. The summed E-state index contributed by atoms with van der Waals surface area (Å²) in [7, 11) is 0. The maximum Gasteiger partial charge on any atom is 0.179 e. The van der Waals surface area contributed by atoms with E-state index in [0.29, 0.717) is 5.82 Å². The van der Waals surface area contributed by atoms with Crippen molar-refractivity contribution in [2.24, 2.45) is 5.73 Å². The second-order valence-electron chi connectivity index (χ2n) is 8.48. The van der Waals surface area contributed by atoms with E-state index in [1.54, 1.807) is 12.4 Å². The molecule has 3 aromatic heterocycles. The molecule has 1 aliphatic carbocycles. The molecular formula is C25H23N7. The summed E-state index contributed by atoms with van der Waals surface area (Å²) in [5.74, 6) is 2.24. The first-order valence-corrected chi connectivity index (χ1v) is 10.8. The number of aromatic nitrogens is 6. The minimum Gasteiger partial charge on any atom is -0.340 e. The van der Waals surface area contributed by atoms with Crippen LogP contribution in [0.15, 0.2) is 67.0 Å². The van der Waals surface area contributed by atoms with Gasteiger partial charge in [0.2, 0.25) is 0 Å². The van der Waals surface area contributed by atoms with Gasteiger partial charge in [-0.25, -0.2) is 19.9 Å². The van der Waals surface area contributed by atoms with E-state index in [1.807, 2.05) is 25.1 Å². The zero-order valence-electron chi connectivity index (χ0n) is 17.8. The van der Waals surface area contributed by atoms with Crippen molar-refractivity contribution >= 4 is 11.2 Å². The molecule has 7 nitrogen and oxygen atoms in total. The first-order chi connectivity index (χ1) is 15.6. The van der Waals surface area contributed by atoms with Crippen LogP contribution in [0.3, 0.4) is 0 Å². The van der Waals surface area contributed by atoms with E-state index in [-0.39, 0.29) is 5.54 Å². The predicted molar refractivity (Wildman–Crippen MR) is 124 cm³/mol. The number of rotatable bonds is 4. The summed E-state index contributed by atoms with van der Waals surface area (Å²) in [5.41, 5.74) is 11.8. The molecule has 0 atom stereocenters. The third-order valence-corrected chi connectivity index (χ3v) is 6.32. The first kappa shape index (κ1) is 18.9. The van der Waals surface area contributed by atoms with Gasteiger partial charge in [0.05, 0.1) is 12.4 Å². The summed E-state index contributed by atoms with van der Waals surface area (Å²) >= 11 is 0. The van der Waals surface area contributed by atoms with E-state index in [0.717, 1.165) is 52.6 Å². The van der Waals surface area contributed by atoms with E-state index in [4.69, 9.17) is 15.7 Å². The summed E-state index contributed by atoms with van der Waals surface area (Å²) < 4.78 is 2.09. The van der Waals surface area contributed by atoms with Gasteiger partial charge in [-0.1, -0.05) is 42.5 Å². The molecular weight excluding hydrogens is 398 g/mol. The van der Waals surface area contributed by atoms with Crippen LogP contribution in [0, 0.1) is 6.92 Å². The van der Waals surface area contributed by atoms with Gasteiger partial charge < -0.3 is 10.7 Å². The van der Waals surface area contributed by atoms with E-state index < -0.39 is 0 Å². The summed E-state index contributed by atoms with van der Waals surface area (Å²) in [6, 6.07) is 18.6. The average Bonchev–Trinajstić information content (AvgIpc) is 3.41. The Hall–Kier alpha value is -3.84. The summed E-state index contributed by atoms with van der Waals surface area (Å²) in [6.45, 7) is 1.91. The quantitative estimate of drug-likeness (QED) is 0.445. The predicted octanol–water partition coefficient (Wildman–Crippen LogP) is 4.52. The largest absolute Gasteiger partial charge is 0.340 e. The Bertz CT molecular complexity index is 1410. The van der Waals surface area contributed by atoms with Crippen LogP contribution < -0.4 is 5.73 Å². The fraction of sp³-hybridized carbons (Fsp3) is 0.200. The number of hydrogen-bond donors (Lipinski definition) is 2. The number of H-pyrrole nitrogens is 1. The standard InChI is InChI=1S/C25H23N7/c1-16-27-14-20(29-16)22-28-15-21-24(31-22)32(23(30-21)17-6-3-2-4-7-17)19-10-8-18(9-11-19)25(26)12-5-13-25/h2-4,6-11,14-15H,5,12-13,26H2,1H3,(H,27,29). The van der Waals surface area contributed by atoms with Crippen LogP contribution in [0.25, 0.3) is 39.8 Å². The SMILES string of the molecule is Cc1ncc(-c2ncc3nc(-c4ccccc4)n(-c4ccc(C5(N)CCC5)cc4)c3n2)[nH]1. The molecule has 0 radical (unpaired) electrons. The second kappa shape index (κ2) is 7.10. The monoisotopic (exact) mass is 421 g/mol. The van der Waals surface area contributed by atoms with Crippen LogP contribution in [0.5, 0.6) is 0 Å². The molecule has 3 N–H and O–H groups in total. The molecule has 1 fully saturated rings. The van der Waals surface area contributed by atoms with Crippen molar-refractivity contribution in [3.63, 3.8) is 0 Å². The first-order valence-electron chi connectivity index (χ1n) is 10.8. The Morgan fingerprint density at radius 2 is 1.72 bits per heavy atom. The summed E-state index contributed by atoms with van der Waals surface area (Å²) in [4.78, 5) is 21.8. The van der Waals surface area contributed by atoms with E-state index in [1.165, 1.54) is 12.0 Å². The van der Waals surface area contributed by atoms with Crippen LogP contribution >= 0.6 is 0 Å². The van der Waals surface area contributed by atoms with Gasteiger partial charge in [-0.05, 0) is 43.9 Å². The molecule has 0 saturated heterocycles. The van der Waals surface area contributed by atoms with Crippen molar-refractivity contribution in [3.05, 3.63) is 78.4 Å². The number of nitrogens with two attached hydrogens (primary N) is 1. The Kier molecular flexibility index (Phi) is 4.19. The second-order valence-corrected chi connectivity index (χ2v) is 8.48. The maximum absolute atomic E-state index is 6.54. The molecule has 1 saturated carbocycles. The number of nitrogens with one attached hydrogen (secondary N) is 1. The van der Waals surface area contributed by atoms with E-state index in [2.05, 4.69) is 55.9 Å². The molecule has 0 unspecified atom stereocenters. The van der Waals surface area contributed by atoms with Gasteiger partial charge in [0.1, 0.15) is 22.9 Å². The molecule has 0 amide bonds. The van der Waals surface area contributed by atoms with Crippen molar-refractivity contribution in [1.82, 2.24) is 29.5 Å². The molecule has 6 rings (SSSR count). The molecule has 158 valence electrons. The molecule has 0 bridgehead atoms. The maximum atomic E-state index is 6.54. The van der Waals surface area contributed by atoms with Gasteiger partial charge >= 0.3 is 0 Å². The van der Waals surface area contributed by atoms with Gasteiger partial charge in [-0.3, -0.25) is 4.57 Å². The number of fused-ring (bicyclic) bond motifs is 1. The van der Waals surface area contributed by atoms with Crippen molar-refractivity contribution in [2.45, 2.75) is 31.7 Å². The van der Waals surface area contributed by atoms with E-state index >= 15 is 0 Å². The Balaban J connectivity index is 1.55. The normalized spacial score (nSPS) is 15.1. The smallest absolute Gasteiger partial charge is 0.179 e. The van der Waals surface area contributed by atoms with Crippen molar-refractivity contribution < 1.29 is 0 Å². The fourth-order valence-corrected chi connectivity index (χ4v) is 4.35. The number of imidazole rings is 2. The zero-order chi connectivity index (χ0) is 21.7. The van der Waals surface area contributed by atoms with Crippen molar-refractivity contribution in [2.75, 3.05) is 0 Å². The average molecular weight is 422 g/mol. The van der Waals surface area contributed by atoms with Crippen LogP contribution in [0.1, 0.15) is 30.7 Å². The fourth-order valence-electron chi connectivity index (χ4n) is 4.35. The van der Waals surface area contributed by atoms with Crippen molar-refractivity contribution in [3.8, 4) is 28.6 Å². The van der Waals surface area contributed by atoms with Gasteiger partial charge in [-0.15, -0.1) is 0 Å². The van der Waals surface area contributed by atoms with Gasteiger partial charge in [-0.2, -0.15) is 0 Å². The topological polar surface area (TPSA) is 98.3 Å². The van der Waals surface area contributed by atoms with Crippen LogP contribution in [0.4, 0.5) is 0 Å². The van der Waals surface area contributed by atoms with E-state index in [9.17, 15) is 0 Å². The number of aryl methyl sites for hydroxylation is 1. The zero-order valence-corrected chi connectivity index (χ0v) is 17.8. The van der Waals surface area contributed by atoms with Crippen molar-refractivity contribution in [1.29, 1.82) is 0 Å². The van der Waals surface area contributed by atoms with Crippen LogP contribution in [-0.4, -0.2) is 29.5 Å². The lowest BCUT2D eigenvalue weighted by Crippen LogP contribution is -2.43. The van der Waals surface area contributed by atoms with Gasteiger partial charge in [0.15, 0.2) is 11.5 Å². The molecule has 2 aromatic carbocycles. The van der Waals surface area contributed by atoms with Crippen LogP contribution in [0.2, 0.25) is 0 Å². The molecule has 0 spiro atoms. The number of benzene rings is 2. The highest BCUT2D eigenvalue weighted by atomic mass is 15.2. The molecule has 1 aliphatic rings. The Labute approximate surface area is 185 Å². The number of hydrogen-bond acceptors (Lipinski definition) is 5. The highest BCUT2D eigenvalue weighted by molar-refractivity contribution is 5.80. The number of nitrogens with zero attached hydrogens (tertiary/aromatic N) is 5. The minimum absolute atomic E-state index is 0.189. The highest BCUT2D eigenvalue weighted by Gasteiger charge is 2.34. The summed E-state index contributed by atoms with van der Waals surface area (Å²) in [5, 5.41) is 0. The van der Waals surface area contributed by atoms with Gasteiger partial charge in [0, 0.05) is 16.8 Å². The minimum atomic E-state index is -0.189. The Morgan fingerprint density at radius 3 is 2.38 bits per heavy atom. The third kappa shape index (κ3) is 3.01. The third-order valence-electron chi connectivity index (χ3n) is 6.32. The van der Waals surface area contributed by atoms with Gasteiger partial charge in [0.25, 0.3) is 0 Å². The summed E-state index contributed by atoms with van der Waals surface area (Å²) in [6.07, 6.45) is 6.79. The molecule has 0 aliphatic heterocycles. The molecule has 32 heavy (non-hydrogen) atoms. The lowest BCUT2D eigenvalue weighted by molar-refractivity contribution is 0.253. The molecule has 5 aromatic rings. The highest BCUT2D eigenvalue weighted by Crippen LogP contribution is 2.39. The number of aromatic amines is 1. The molecule has 3 heterocycles. The molecule has 7 heteroatoms. The lowest BCUT2D eigenvalue weighted by atomic mass is 9.73.